The van der Waals surface area contributed by atoms with Gasteiger partial charge in [0.1, 0.15) is 11.6 Å². The summed E-state index contributed by atoms with van der Waals surface area (Å²) in [6.45, 7) is 2.20. The zero-order valence-electron chi connectivity index (χ0n) is 9.63. The van der Waals surface area contributed by atoms with Gasteiger partial charge in [-0.3, -0.25) is 0 Å². The molecule has 3 heteroatoms. The Morgan fingerprint density at radius 1 is 1.44 bits per heavy atom. The van der Waals surface area contributed by atoms with Gasteiger partial charge in [0.05, 0.1) is 0 Å². The van der Waals surface area contributed by atoms with Gasteiger partial charge in [-0.15, -0.1) is 0 Å². The number of benzene rings is 1. The predicted octanol–water partition coefficient (Wildman–Crippen LogP) is 2.75. The Morgan fingerprint density at radius 2 is 2.12 bits per heavy atom. The fourth-order valence-corrected chi connectivity index (χ4v) is 2.30. The van der Waals surface area contributed by atoms with Crippen molar-refractivity contribution in [2.75, 3.05) is 7.05 Å². The molecule has 1 saturated carbocycles. The number of hydrogen-bond donors (Lipinski definition) is 1. The molecule has 0 spiro atoms. The molecular formula is C13H17F2N. The minimum Gasteiger partial charge on any atom is -0.316 e. The molecule has 3 atom stereocenters. The molecule has 0 saturated heterocycles. The largest absolute Gasteiger partial charge is 0.316 e. The topological polar surface area (TPSA) is 12.0 Å². The third-order valence-electron chi connectivity index (χ3n) is 3.51. The van der Waals surface area contributed by atoms with Crippen molar-refractivity contribution in [3.05, 3.63) is 35.4 Å². The Labute approximate surface area is 94.9 Å². The van der Waals surface area contributed by atoms with Crippen LogP contribution in [-0.4, -0.2) is 13.1 Å². The molecule has 2 rings (SSSR count). The number of hydrogen-bond acceptors (Lipinski definition) is 1. The summed E-state index contributed by atoms with van der Waals surface area (Å²) in [5, 5.41) is 3.22. The second-order valence-corrected chi connectivity index (χ2v) is 4.71. The van der Waals surface area contributed by atoms with Crippen molar-refractivity contribution < 1.29 is 8.78 Å². The molecule has 0 aromatic heterocycles. The van der Waals surface area contributed by atoms with Crippen molar-refractivity contribution in [3.8, 4) is 0 Å². The Bertz CT molecular complexity index is 378. The van der Waals surface area contributed by atoms with Gasteiger partial charge in [0.25, 0.3) is 0 Å². The highest BCUT2D eigenvalue weighted by Crippen LogP contribution is 2.41. The number of likely N-dealkylation sites (N-methyl/N-ethyl adjacent to an activating group) is 1. The molecule has 16 heavy (non-hydrogen) atoms. The molecule has 1 nitrogen and oxygen atoms in total. The third kappa shape index (κ3) is 2.40. The van der Waals surface area contributed by atoms with Crippen LogP contribution in [0.25, 0.3) is 0 Å². The normalized spacial score (nSPS) is 25.5. The summed E-state index contributed by atoms with van der Waals surface area (Å²) in [6, 6.07) is 4.12. The Hall–Kier alpha value is -0.960. The zero-order valence-corrected chi connectivity index (χ0v) is 9.63. The van der Waals surface area contributed by atoms with Crippen LogP contribution >= 0.6 is 0 Å². The molecule has 1 N–H and O–H groups in total. The van der Waals surface area contributed by atoms with Crippen molar-refractivity contribution in [2.24, 2.45) is 11.8 Å². The van der Waals surface area contributed by atoms with Crippen LogP contribution in [0.2, 0.25) is 0 Å². The SMILES string of the molecule is CNC(Cc1ccc(F)cc1F)C1CC1C. The van der Waals surface area contributed by atoms with Gasteiger partial charge in [-0.1, -0.05) is 13.0 Å². The van der Waals surface area contributed by atoms with Crippen molar-refractivity contribution in [3.63, 3.8) is 0 Å². The van der Waals surface area contributed by atoms with Gasteiger partial charge in [0.2, 0.25) is 0 Å². The molecule has 1 aliphatic carbocycles. The molecule has 1 aliphatic rings. The highest BCUT2D eigenvalue weighted by Gasteiger charge is 2.38. The van der Waals surface area contributed by atoms with Crippen LogP contribution in [-0.2, 0) is 6.42 Å². The Balaban J connectivity index is 2.07. The van der Waals surface area contributed by atoms with Crippen molar-refractivity contribution in [2.45, 2.75) is 25.8 Å². The summed E-state index contributed by atoms with van der Waals surface area (Å²) in [5.74, 6) is 0.408. The first-order valence-corrected chi connectivity index (χ1v) is 5.73. The third-order valence-corrected chi connectivity index (χ3v) is 3.51. The van der Waals surface area contributed by atoms with Crippen LogP contribution in [0.15, 0.2) is 18.2 Å². The van der Waals surface area contributed by atoms with E-state index >= 15 is 0 Å². The van der Waals surface area contributed by atoms with Crippen molar-refractivity contribution in [1.82, 2.24) is 5.32 Å². The van der Waals surface area contributed by atoms with E-state index in [1.54, 1.807) is 6.07 Å². The van der Waals surface area contributed by atoms with Crippen molar-refractivity contribution in [1.29, 1.82) is 0 Å². The summed E-state index contributed by atoms with van der Waals surface area (Å²) < 4.78 is 26.2. The minimum atomic E-state index is -0.512. The second kappa shape index (κ2) is 4.50. The van der Waals surface area contributed by atoms with E-state index in [-0.39, 0.29) is 0 Å². The van der Waals surface area contributed by atoms with Crippen LogP contribution < -0.4 is 5.32 Å². The van der Waals surface area contributed by atoms with Gasteiger partial charge in [0.15, 0.2) is 0 Å². The van der Waals surface area contributed by atoms with E-state index in [1.807, 2.05) is 7.05 Å². The maximum Gasteiger partial charge on any atom is 0.129 e. The Kier molecular flexibility index (Phi) is 3.24. The van der Waals surface area contributed by atoms with Gasteiger partial charge in [-0.05, 0) is 43.4 Å². The van der Waals surface area contributed by atoms with Gasteiger partial charge < -0.3 is 5.32 Å². The van der Waals surface area contributed by atoms with E-state index < -0.39 is 11.6 Å². The molecule has 0 radical (unpaired) electrons. The standard InChI is InChI=1S/C13H17F2N/c1-8-5-11(8)13(16-2)6-9-3-4-10(14)7-12(9)15/h3-4,7-8,11,13,16H,5-6H2,1-2H3. The smallest absolute Gasteiger partial charge is 0.129 e. The lowest BCUT2D eigenvalue weighted by Crippen LogP contribution is -2.30. The molecule has 0 amide bonds. The average molecular weight is 225 g/mol. The molecule has 1 aromatic rings. The molecule has 1 fully saturated rings. The van der Waals surface area contributed by atoms with E-state index in [9.17, 15) is 8.78 Å². The van der Waals surface area contributed by atoms with E-state index in [2.05, 4.69) is 12.2 Å². The maximum absolute atomic E-state index is 13.5. The first kappa shape index (κ1) is 11.5. The number of nitrogens with one attached hydrogen (secondary N) is 1. The Morgan fingerprint density at radius 3 is 2.62 bits per heavy atom. The molecule has 0 bridgehead atoms. The second-order valence-electron chi connectivity index (χ2n) is 4.71. The fourth-order valence-electron chi connectivity index (χ4n) is 2.30. The maximum atomic E-state index is 13.5. The summed E-state index contributed by atoms with van der Waals surface area (Å²) >= 11 is 0. The van der Waals surface area contributed by atoms with Gasteiger partial charge >= 0.3 is 0 Å². The molecular weight excluding hydrogens is 208 g/mol. The highest BCUT2D eigenvalue weighted by molar-refractivity contribution is 5.20. The summed E-state index contributed by atoms with van der Waals surface area (Å²) in [7, 11) is 1.90. The summed E-state index contributed by atoms with van der Waals surface area (Å²) in [6.07, 6.45) is 1.84. The van der Waals surface area contributed by atoms with Gasteiger partial charge in [-0.2, -0.15) is 0 Å². The van der Waals surface area contributed by atoms with E-state index in [1.165, 1.54) is 12.5 Å². The van der Waals surface area contributed by atoms with Gasteiger partial charge in [0, 0.05) is 12.1 Å². The van der Waals surface area contributed by atoms with Crippen LogP contribution in [0.4, 0.5) is 8.78 Å². The quantitative estimate of drug-likeness (QED) is 0.830. The van der Waals surface area contributed by atoms with Crippen LogP contribution in [0.3, 0.4) is 0 Å². The van der Waals surface area contributed by atoms with E-state index in [0.717, 1.165) is 12.0 Å². The zero-order chi connectivity index (χ0) is 11.7. The van der Waals surface area contributed by atoms with Crippen LogP contribution in [0.5, 0.6) is 0 Å². The lowest BCUT2D eigenvalue weighted by Gasteiger charge is -2.16. The monoisotopic (exact) mass is 225 g/mol. The first-order chi connectivity index (χ1) is 7.61. The van der Waals surface area contributed by atoms with E-state index in [0.29, 0.717) is 23.9 Å². The number of halogens is 2. The first-order valence-electron chi connectivity index (χ1n) is 5.73. The molecule has 3 unspecified atom stereocenters. The van der Waals surface area contributed by atoms with Gasteiger partial charge in [-0.25, -0.2) is 8.78 Å². The summed E-state index contributed by atoms with van der Waals surface area (Å²) in [5.41, 5.74) is 0.597. The van der Waals surface area contributed by atoms with Crippen LogP contribution in [0, 0.1) is 23.5 Å². The van der Waals surface area contributed by atoms with Crippen LogP contribution in [0.1, 0.15) is 18.9 Å². The van der Waals surface area contributed by atoms with Crippen molar-refractivity contribution >= 4 is 0 Å². The predicted molar refractivity (Wildman–Crippen MR) is 60.2 cm³/mol. The number of rotatable bonds is 4. The minimum absolute atomic E-state index is 0.301. The average Bonchev–Trinajstić information content (AvgIpc) is 2.94. The lowest BCUT2D eigenvalue weighted by atomic mass is 10.0. The molecule has 88 valence electrons. The molecule has 0 aliphatic heterocycles. The van der Waals surface area contributed by atoms with E-state index in [4.69, 9.17) is 0 Å². The lowest BCUT2D eigenvalue weighted by molar-refractivity contribution is 0.467. The summed E-state index contributed by atoms with van der Waals surface area (Å²) in [4.78, 5) is 0. The fraction of sp³-hybridized carbons (Fsp3) is 0.538. The highest BCUT2D eigenvalue weighted by atomic mass is 19.1. The molecule has 1 aromatic carbocycles. The molecule has 0 heterocycles.